The topological polar surface area (TPSA) is 47.9 Å². The Hall–Kier alpha value is -1.52. The van der Waals surface area contributed by atoms with Crippen molar-refractivity contribution in [1.82, 2.24) is 15.1 Å². The van der Waals surface area contributed by atoms with Crippen molar-refractivity contribution in [3.8, 4) is 0 Å². The summed E-state index contributed by atoms with van der Waals surface area (Å²) < 4.78 is 0. The second-order valence-corrected chi connectivity index (χ2v) is 6.33. The number of guanidine groups is 1. The first-order valence-corrected chi connectivity index (χ1v) is 7.78. The number of amides is 1. The fourth-order valence-corrected chi connectivity index (χ4v) is 2.60. The lowest BCUT2D eigenvalue weighted by Crippen LogP contribution is -2.41. The molecule has 1 N–H and O–H groups in total. The Morgan fingerprint density at radius 2 is 2.24 bits per heavy atom. The van der Waals surface area contributed by atoms with Crippen molar-refractivity contribution in [3.05, 3.63) is 12.7 Å². The fraction of sp³-hybridized carbons (Fsp3) is 0.750. The maximum atomic E-state index is 11.7. The van der Waals surface area contributed by atoms with Crippen LogP contribution in [0.1, 0.15) is 26.7 Å². The van der Waals surface area contributed by atoms with Crippen LogP contribution in [0.4, 0.5) is 0 Å². The minimum absolute atomic E-state index is 0.0193. The van der Waals surface area contributed by atoms with Gasteiger partial charge in [0.1, 0.15) is 6.54 Å². The Kier molecular flexibility index (Phi) is 7.26. The van der Waals surface area contributed by atoms with Crippen LogP contribution in [0.3, 0.4) is 0 Å². The van der Waals surface area contributed by atoms with E-state index in [0.29, 0.717) is 6.54 Å². The zero-order chi connectivity index (χ0) is 15.8. The highest BCUT2D eigenvalue weighted by Crippen LogP contribution is 2.23. The van der Waals surface area contributed by atoms with Crippen LogP contribution in [0.2, 0.25) is 0 Å². The Morgan fingerprint density at radius 1 is 1.52 bits per heavy atom. The smallest absolute Gasteiger partial charge is 0.243 e. The normalized spacial score (nSPS) is 19.0. The van der Waals surface area contributed by atoms with Crippen molar-refractivity contribution in [3.63, 3.8) is 0 Å². The van der Waals surface area contributed by atoms with Crippen LogP contribution < -0.4 is 5.32 Å². The van der Waals surface area contributed by atoms with Crippen LogP contribution >= 0.6 is 0 Å². The highest BCUT2D eigenvalue weighted by molar-refractivity contribution is 5.85. The average Bonchev–Trinajstić information content (AvgIpc) is 2.85. The predicted molar refractivity (Wildman–Crippen MR) is 88.3 cm³/mol. The quantitative estimate of drug-likeness (QED) is 0.459. The molecule has 5 heteroatoms. The van der Waals surface area contributed by atoms with E-state index in [1.54, 1.807) is 19.0 Å². The Morgan fingerprint density at radius 3 is 2.81 bits per heavy atom. The lowest BCUT2D eigenvalue weighted by molar-refractivity contribution is -0.127. The van der Waals surface area contributed by atoms with Crippen molar-refractivity contribution >= 4 is 11.9 Å². The van der Waals surface area contributed by atoms with E-state index in [1.807, 2.05) is 6.08 Å². The van der Waals surface area contributed by atoms with Gasteiger partial charge in [-0.2, -0.15) is 0 Å². The third-order valence-electron chi connectivity index (χ3n) is 3.66. The van der Waals surface area contributed by atoms with E-state index in [9.17, 15) is 4.79 Å². The molecule has 0 radical (unpaired) electrons. The molecule has 1 atom stereocenters. The minimum Gasteiger partial charge on any atom is -0.353 e. The summed E-state index contributed by atoms with van der Waals surface area (Å²) in [6.45, 7) is 11.2. The van der Waals surface area contributed by atoms with Gasteiger partial charge in [-0.25, -0.2) is 4.99 Å². The van der Waals surface area contributed by atoms with Gasteiger partial charge < -0.3 is 15.1 Å². The van der Waals surface area contributed by atoms with Gasteiger partial charge in [0.05, 0.1) is 0 Å². The first-order valence-electron chi connectivity index (χ1n) is 7.78. The largest absolute Gasteiger partial charge is 0.353 e. The molecule has 21 heavy (non-hydrogen) atoms. The number of likely N-dealkylation sites (N-methyl/N-ethyl adjacent to an activating group) is 1. The molecule has 120 valence electrons. The summed E-state index contributed by atoms with van der Waals surface area (Å²) >= 11 is 0. The second kappa shape index (κ2) is 8.70. The Labute approximate surface area is 129 Å². The molecule has 1 aliphatic heterocycles. The third-order valence-corrected chi connectivity index (χ3v) is 3.66. The zero-order valence-electron chi connectivity index (χ0n) is 13.9. The molecular weight excluding hydrogens is 264 g/mol. The standard InChI is InChI=1S/C16H30N4O/c1-6-8-17-16(18-11-15(21)19(4)5)20-9-7-14(12-20)10-13(2)3/h6,13-14H,1,7-12H2,2-5H3,(H,17,18). The van der Waals surface area contributed by atoms with Crippen LogP contribution in [0, 0.1) is 11.8 Å². The molecule has 0 bridgehead atoms. The maximum Gasteiger partial charge on any atom is 0.243 e. The van der Waals surface area contributed by atoms with E-state index in [-0.39, 0.29) is 12.5 Å². The van der Waals surface area contributed by atoms with Gasteiger partial charge in [-0.15, -0.1) is 6.58 Å². The van der Waals surface area contributed by atoms with E-state index in [4.69, 9.17) is 0 Å². The molecule has 0 saturated carbocycles. The predicted octanol–water partition coefficient (Wildman–Crippen LogP) is 1.57. The molecule has 1 saturated heterocycles. The molecule has 0 aromatic carbocycles. The zero-order valence-corrected chi connectivity index (χ0v) is 13.9. The van der Waals surface area contributed by atoms with E-state index < -0.39 is 0 Å². The van der Waals surface area contributed by atoms with E-state index in [1.165, 1.54) is 12.8 Å². The summed E-state index contributed by atoms with van der Waals surface area (Å²) in [5.74, 6) is 2.30. The Bertz CT molecular complexity index is 376. The molecule has 1 amide bonds. The van der Waals surface area contributed by atoms with Gasteiger partial charge in [-0.3, -0.25) is 4.79 Å². The number of aliphatic imine (C=N–C) groups is 1. The van der Waals surface area contributed by atoms with E-state index >= 15 is 0 Å². The van der Waals surface area contributed by atoms with Crippen molar-refractivity contribution in [2.45, 2.75) is 26.7 Å². The molecule has 1 unspecified atom stereocenters. The summed E-state index contributed by atoms with van der Waals surface area (Å²) in [6.07, 6.45) is 4.27. The van der Waals surface area contributed by atoms with Crippen molar-refractivity contribution in [2.75, 3.05) is 40.3 Å². The van der Waals surface area contributed by atoms with Gasteiger partial charge in [0.25, 0.3) is 0 Å². The number of hydrogen-bond donors (Lipinski definition) is 1. The molecule has 1 aliphatic rings. The van der Waals surface area contributed by atoms with Gasteiger partial charge in [-0.05, 0) is 24.7 Å². The van der Waals surface area contributed by atoms with E-state index in [2.05, 4.69) is 35.6 Å². The van der Waals surface area contributed by atoms with Gasteiger partial charge in [0, 0.05) is 33.7 Å². The SMILES string of the molecule is C=CCNC(=NCC(=O)N(C)C)N1CCC(CC(C)C)C1. The second-order valence-electron chi connectivity index (χ2n) is 6.33. The number of hydrogen-bond acceptors (Lipinski definition) is 2. The Balaban J connectivity index is 2.63. The van der Waals surface area contributed by atoms with Crippen molar-refractivity contribution < 1.29 is 4.79 Å². The molecule has 1 fully saturated rings. The first-order chi connectivity index (χ1) is 9.93. The first kappa shape index (κ1) is 17.5. The van der Waals surface area contributed by atoms with Crippen LogP contribution in [0.25, 0.3) is 0 Å². The number of rotatable bonds is 6. The van der Waals surface area contributed by atoms with Crippen LogP contribution in [-0.4, -0.2) is 61.9 Å². The van der Waals surface area contributed by atoms with Crippen LogP contribution in [-0.2, 0) is 4.79 Å². The molecule has 0 aromatic heterocycles. The number of carbonyl (C=O) groups excluding carboxylic acids is 1. The van der Waals surface area contributed by atoms with Crippen molar-refractivity contribution in [2.24, 2.45) is 16.8 Å². The number of likely N-dealkylation sites (tertiary alicyclic amines) is 1. The molecule has 0 aliphatic carbocycles. The van der Waals surface area contributed by atoms with E-state index in [0.717, 1.165) is 30.9 Å². The fourth-order valence-electron chi connectivity index (χ4n) is 2.60. The summed E-state index contributed by atoms with van der Waals surface area (Å²) in [5.41, 5.74) is 0. The van der Waals surface area contributed by atoms with Gasteiger partial charge in [0.2, 0.25) is 5.91 Å². The summed E-state index contributed by atoms with van der Waals surface area (Å²) in [5, 5.41) is 3.27. The molecule has 0 spiro atoms. The summed E-state index contributed by atoms with van der Waals surface area (Å²) in [6, 6.07) is 0. The van der Waals surface area contributed by atoms with Crippen LogP contribution in [0.15, 0.2) is 17.6 Å². The molecular formula is C16H30N4O. The number of carbonyl (C=O) groups is 1. The highest BCUT2D eigenvalue weighted by Gasteiger charge is 2.25. The molecule has 1 rings (SSSR count). The number of nitrogens with zero attached hydrogens (tertiary/aromatic N) is 3. The molecule has 5 nitrogen and oxygen atoms in total. The van der Waals surface area contributed by atoms with Crippen LogP contribution in [0.5, 0.6) is 0 Å². The minimum atomic E-state index is 0.0193. The van der Waals surface area contributed by atoms with Gasteiger partial charge >= 0.3 is 0 Å². The lowest BCUT2D eigenvalue weighted by atomic mass is 9.97. The number of nitrogens with one attached hydrogen (secondary N) is 1. The van der Waals surface area contributed by atoms with Gasteiger partial charge in [-0.1, -0.05) is 19.9 Å². The molecule has 1 heterocycles. The summed E-state index contributed by atoms with van der Waals surface area (Å²) in [7, 11) is 3.51. The lowest BCUT2D eigenvalue weighted by Gasteiger charge is -2.22. The average molecular weight is 294 g/mol. The third kappa shape index (κ3) is 6.19. The van der Waals surface area contributed by atoms with Gasteiger partial charge in [0.15, 0.2) is 5.96 Å². The summed E-state index contributed by atoms with van der Waals surface area (Å²) in [4.78, 5) is 20.0. The van der Waals surface area contributed by atoms with Crippen molar-refractivity contribution in [1.29, 1.82) is 0 Å². The molecule has 0 aromatic rings. The highest BCUT2D eigenvalue weighted by atomic mass is 16.2. The maximum absolute atomic E-state index is 11.7. The monoisotopic (exact) mass is 294 g/mol.